The number of ether oxygens (including phenoxy) is 1. The van der Waals surface area contributed by atoms with E-state index in [1.807, 2.05) is 54.6 Å². The van der Waals surface area contributed by atoms with Crippen LogP contribution in [0.25, 0.3) is 11.3 Å². The molecule has 6 heteroatoms. The molecule has 1 aromatic heterocycles. The molecule has 1 heterocycles. The fourth-order valence-corrected chi connectivity index (χ4v) is 3.14. The molecule has 0 spiro atoms. The van der Waals surface area contributed by atoms with E-state index in [0.29, 0.717) is 11.1 Å². The van der Waals surface area contributed by atoms with Gasteiger partial charge >= 0.3 is 0 Å². The quantitative estimate of drug-likeness (QED) is 0.585. The summed E-state index contributed by atoms with van der Waals surface area (Å²) in [5.41, 5.74) is 1.74. The number of benzene rings is 2. The van der Waals surface area contributed by atoms with Crippen molar-refractivity contribution in [2.75, 3.05) is 4.72 Å². The van der Waals surface area contributed by atoms with Crippen molar-refractivity contribution in [3.8, 4) is 17.0 Å². The second-order valence-electron chi connectivity index (χ2n) is 5.77. The van der Waals surface area contributed by atoms with Gasteiger partial charge in [0.1, 0.15) is 17.9 Å². The van der Waals surface area contributed by atoms with Crippen LogP contribution >= 0.6 is 23.5 Å². The van der Waals surface area contributed by atoms with Gasteiger partial charge in [-0.05, 0) is 55.1 Å². The highest BCUT2D eigenvalue weighted by atomic mass is 35.5. The highest BCUT2D eigenvalue weighted by Gasteiger charge is 2.24. The molecule has 0 amide bonds. The van der Waals surface area contributed by atoms with Crippen LogP contribution in [0.2, 0.25) is 5.02 Å². The van der Waals surface area contributed by atoms with Gasteiger partial charge in [0.05, 0.1) is 16.8 Å². The Morgan fingerprint density at radius 1 is 1.04 bits per heavy atom. The second kappa shape index (κ2) is 7.33. The van der Waals surface area contributed by atoms with Crippen LogP contribution in [0.1, 0.15) is 12.8 Å². The number of aromatic nitrogens is 2. The van der Waals surface area contributed by atoms with E-state index >= 15 is 0 Å². The maximum Gasteiger partial charge on any atom is 0.140 e. The van der Waals surface area contributed by atoms with E-state index in [-0.39, 0.29) is 0 Å². The van der Waals surface area contributed by atoms with Crippen molar-refractivity contribution < 1.29 is 4.74 Å². The van der Waals surface area contributed by atoms with Gasteiger partial charge < -0.3 is 9.46 Å². The summed E-state index contributed by atoms with van der Waals surface area (Å²) in [7, 11) is 0. The largest absolute Gasteiger partial charge is 0.489 e. The summed E-state index contributed by atoms with van der Waals surface area (Å²) in [6.07, 6.45) is 4.09. The van der Waals surface area contributed by atoms with E-state index in [9.17, 15) is 0 Å². The standard InChI is InChI=1S/C19H16ClN3OS/c20-16-10-13(6-9-18(16)24-14-7-8-14)17-11-19(22-12-21-17)23-25-15-4-2-1-3-5-15/h1-6,9-12,14H,7-8H2,(H,21,22,23). The Hall–Kier alpha value is -2.24. The summed E-state index contributed by atoms with van der Waals surface area (Å²) < 4.78 is 9.02. The van der Waals surface area contributed by atoms with E-state index in [4.69, 9.17) is 16.3 Å². The number of nitrogens with one attached hydrogen (secondary N) is 1. The van der Waals surface area contributed by atoms with E-state index in [2.05, 4.69) is 14.7 Å². The zero-order chi connectivity index (χ0) is 17.1. The lowest BCUT2D eigenvalue weighted by atomic mass is 10.1. The van der Waals surface area contributed by atoms with Gasteiger partial charge in [0.2, 0.25) is 0 Å². The molecule has 3 aromatic rings. The predicted molar refractivity (Wildman–Crippen MR) is 102 cm³/mol. The van der Waals surface area contributed by atoms with Crippen LogP contribution in [0.5, 0.6) is 5.75 Å². The zero-order valence-electron chi connectivity index (χ0n) is 13.4. The molecule has 4 nitrogen and oxygen atoms in total. The number of hydrogen-bond acceptors (Lipinski definition) is 5. The third kappa shape index (κ3) is 4.24. The average molecular weight is 370 g/mol. The molecule has 0 aliphatic heterocycles. The van der Waals surface area contributed by atoms with Gasteiger partial charge in [-0.15, -0.1) is 0 Å². The molecule has 0 atom stereocenters. The summed E-state index contributed by atoms with van der Waals surface area (Å²) >= 11 is 7.85. The average Bonchev–Trinajstić information content (AvgIpc) is 3.47. The molecule has 0 saturated heterocycles. The summed E-state index contributed by atoms with van der Waals surface area (Å²) in [5, 5.41) is 0.608. The van der Waals surface area contributed by atoms with Crippen molar-refractivity contribution in [3.63, 3.8) is 0 Å². The molecule has 1 N–H and O–H groups in total. The van der Waals surface area contributed by atoms with Gasteiger partial charge in [-0.25, -0.2) is 9.97 Å². The first-order valence-corrected chi connectivity index (χ1v) is 9.24. The first kappa shape index (κ1) is 16.2. The maximum atomic E-state index is 6.34. The van der Waals surface area contributed by atoms with E-state index in [1.54, 1.807) is 6.33 Å². The third-order valence-corrected chi connectivity index (χ3v) is 4.84. The lowest BCUT2D eigenvalue weighted by Crippen LogP contribution is -1.97. The summed E-state index contributed by atoms with van der Waals surface area (Å²) in [6.45, 7) is 0. The van der Waals surface area contributed by atoms with E-state index in [0.717, 1.165) is 40.6 Å². The van der Waals surface area contributed by atoms with E-state index in [1.165, 1.54) is 11.9 Å². The maximum absolute atomic E-state index is 6.34. The van der Waals surface area contributed by atoms with Crippen molar-refractivity contribution >= 4 is 29.4 Å². The second-order valence-corrected chi connectivity index (χ2v) is 7.05. The normalized spacial score (nSPS) is 13.5. The summed E-state index contributed by atoms with van der Waals surface area (Å²) in [5.74, 6) is 1.48. The van der Waals surface area contributed by atoms with Crippen LogP contribution < -0.4 is 9.46 Å². The van der Waals surface area contributed by atoms with Gasteiger partial charge in [-0.2, -0.15) is 0 Å². The number of nitrogens with zero attached hydrogens (tertiary/aromatic N) is 2. The Bertz CT molecular complexity index is 872. The molecule has 0 unspecified atom stereocenters. The Morgan fingerprint density at radius 2 is 1.88 bits per heavy atom. The topological polar surface area (TPSA) is 47.0 Å². The fourth-order valence-electron chi connectivity index (χ4n) is 2.29. The Kier molecular flexibility index (Phi) is 4.76. The summed E-state index contributed by atoms with van der Waals surface area (Å²) in [4.78, 5) is 9.73. The molecule has 25 heavy (non-hydrogen) atoms. The van der Waals surface area contributed by atoms with Crippen molar-refractivity contribution in [1.82, 2.24) is 9.97 Å². The minimum Gasteiger partial charge on any atom is -0.489 e. The molecule has 1 aliphatic rings. The molecular formula is C19H16ClN3OS. The summed E-state index contributed by atoms with van der Waals surface area (Å²) in [6, 6.07) is 17.7. The van der Waals surface area contributed by atoms with E-state index < -0.39 is 0 Å². The Morgan fingerprint density at radius 3 is 2.64 bits per heavy atom. The van der Waals surface area contributed by atoms with Crippen molar-refractivity contribution in [1.29, 1.82) is 0 Å². The van der Waals surface area contributed by atoms with Crippen LogP contribution in [0.15, 0.2) is 65.8 Å². The molecule has 4 rings (SSSR count). The third-order valence-electron chi connectivity index (χ3n) is 3.73. The molecule has 1 fully saturated rings. The Balaban J connectivity index is 1.49. The molecule has 2 aromatic carbocycles. The lowest BCUT2D eigenvalue weighted by molar-refractivity contribution is 0.303. The van der Waals surface area contributed by atoms with Gasteiger partial charge in [0.25, 0.3) is 0 Å². The smallest absolute Gasteiger partial charge is 0.140 e. The SMILES string of the molecule is Clc1cc(-c2cc(NSc3ccccc3)ncn2)ccc1OC1CC1. The zero-order valence-corrected chi connectivity index (χ0v) is 14.9. The van der Waals surface area contributed by atoms with Gasteiger partial charge in [-0.3, -0.25) is 0 Å². The van der Waals surface area contributed by atoms with Gasteiger partial charge in [0.15, 0.2) is 0 Å². The number of hydrogen-bond donors (Lipinski definition) is 1. The molecule has 126 valence electrons. The number of anilines is 1. The predicted octanol–water partition coefficient (Wildman–Crippen LogP) is 5.46. The lowest BCUT2D eigenvalue weighted by Gasteiger charge is -2.09. The molecule has 1 aliphatic carbocycles. The van der Waals surface area contributed by atoms with Crippen LogP contribution in [0.4, 0.5) is 5.82 Å². The molecule has 1 saturated carbocycles. The van der Waals surface area contributed by atoms with Crippen LogP contribution in [-0.2, 0) is 0 Å². The first-order chi connectivity index (χ1) is 12.3. The Labute approximate surface area is 155 Å². The highest BCUT2D eigenvalue weighted by Crippen LogP contribution is 2.34. The number of halogens is 1. The first-order valence-electron chi connectivity index (χ1n) is 8.04. The minimum absolute atomic E-state index is 0.327. The van der Waals surface area contributed by atoms with Crippen molar-refractivity contribution in [3.05, 3.63) is 65.9 Å². The number of rotatable bonds is 6. The van der Waals surface area contributed by atoms with Crippen LogP contribution in [-0.4, -0.2) is 16.1 Å². The van der Waals surface area contributed by atoms with Gasteiger partial charge in [-0.1, -0.05) is 29.8 Å². The van der Waals surface area contributed by atoms with Gasteiger partial charge in [0, 0.05) is 16.5 Å². The highest BCUT2D eigenvalue weighted by molar-refractivity contribution is 8.00. The molecule has 0 bridgehead atoms. The van der Waals surface area contributed by atoms with Crippen molar-refractivity contribution in [2.24, 2.45) is 0 Å². The minimum atomic E-state index is 0.327. The molecular weight excluding hydrogens is 354 g/mol. The van der Waals surface area contributed by atoms with Crippen LogP contribution in [0, 0.1) is 0 Å². The molecule has 0 radical (unpaired) electrons. The van der Waals surface area contributed by atoms with Crippen molar-refractivity contribution in [2.45, 2.75) is 23.8 Å². The fraction of sp³-hybridized carbons (Fsp3) is 0.158. The monoisotopic (exact) mass is 369 g/mol. The van der Waals surface area contributed by atoms with Crippen LogP contribution in [0.3, 0.4) is 0 Å².